The molecule has 0 unspecified atom stereocenters. The van der Waals surface area contributed by atoms with E-state index in [1.54, 1.807) is 7.11 Å². The molecule has 1 saturated carbocycles. The maximum absolute atomic E-state index is 6.53. The maximum atomic E-state index is 6.53. The van der Waals surface area contributed by atoms with Gasteiger partial charge in [-0.1, -0.05) is 49.4 Å². The van der Waals surface area contributed by atoms with Crippen LogP contribution in [-0.2, 0) is 11.8 Å². The minimum absolute atomic E-state index is 0.162. The van der Waals surface area contributed by atoms with Gasteiger partial charge in [0.25, 0.3) is 0 Å². The average Bonchev–Trinajstić information content (AvgIpc) is 2.75. The number of rotatable bonds is 6. The number of hydrogen-bond acceptors (Lipinski definition) is 3. The van der Waals surface area contributed by atoms with Crippen LogP contribution in [0, 0.1) is 5.41 Å². The van der Waals surface area contributed by atoms with E-state index >= 15 is 0 Å². The van der Waals surface area contributed by atoms with E-state index in [1.165, 1.54) is 49.9 Å². The van der Waals surface area contributed by atoms with Gasteiger partial charge in [0.1, 0.15) is 5.75 Å². The Morgan fingerprint density at radius 3 is 2.72 bits per heavy atom. The first-order valence-electron chi connectivity index (χ1n) is 11.2. The zero-order valence-corrected chi connectivity index (χ0v) is 18.1. The Hall–Kier alpha value is -1.84. The van der Waals surface area contributed by atoms with Crippen molar-refractivity contribution in [2.45, 2.75) is 56.9 Å². The highest BCUT2D eigenvalue weighted by molar-refractivity contribution is 5.37. The van der Waals surface area contributed by atoms with Gasteiger partial charge in [-0.3, -0.25) is 0 Å². The summed E-state index contributed by atoms with van der Waals surface area (Å²) in [5.74, 6) is 0.962. The number of nitrogens with zero attached hydrogens (tertiary/aromatic N) is 1. The van der Waals surface area contributed by atoms with Crippen molar-refractivity contribution in [1.82, 2.24) is 4.90 Å². The summed E-state index contributed by atoms with van der Waals surface area (Å²) in [5.41, 5.74) is 9.83. The SMILES string of the molecule is COc1cccc([C@]23CCN(CCCc4ccccc4)C[C@@]2(C)CC[C@@H](N)C3)c1. The van der Waals surface area contributed by atoms with E-state index in [4.69, 9.17) is 10.5 Å². The van der Waals surface area contributed by atoms with Crippen LogP contribution in [0.25, 0.3) is 0 Å². The molecule has 4 rings (SSSR count). The van der Waals surface area contributed by atoms with Gasteiger partial charge in [-0.05, 0) is 80.3 Å². The fourth-order valence-electron chi connectivity index (χ4n) is 5.97. The molecule has 29 heavy (non-hydrogen) atoms. The predicted octanol–water partition coefficient (Wildman–Crippen LogP) is 4.79. The molecule has 3 nitrogen and oxygen atoms in total. The molecule has 3 atom stereocenters. The Labute approximate surface area is 176 Å². The van der Waals surface area contributed by atoms with Crippen molar-refractivity contribution in [3.8, 4) is 5.75 Å². The van der Waals surface area contributed by atoms with Crippen molar-refractivity contribution in [3.63, 3.8) is 0 Å². The molecule has 2 aromatic carbocycles. The Bertz CT molecular complexity index is 807. The van der Waals surface area contributed by atoms with Gasteiger partial charge < -0.3 is 15.4 Å². The summed E-state index contributed by atoms with van der Waals surface area (Å²) < 4.78 is 5.56. The van der Waals surface area contributed by atoms with Crippen LogP contribution in [0.15, 0.2) is 54.6 Å². The van der Waals surface area contributed by atoms with Crippen LogP contribution >= 0.6 is 0 Å². The molecule has 2 fully saturated rings. The van der Waals surface area contributed by atoms with Gasteiger partial charge in [0, 0.05) is 18.0 Å². The highest BCUT2D eigenvalue weighted by Crippen LogP contribution is 2.56. The lowest BCUT2D eigenvalue weighted by atomic mass is 9.50. The number of likely N-dealkylation sites (tertiary alicyclic amines) is 1. The molecule has 3 heteroatoms. The molecule has 156 valence electrons. The Morgan fingerprint density at radius 2 is 1.93 bits per heavy atom. The first-order valence-corrected chi connectivity index (χ1v) is 11.2. The van der Waals surface area contributed by atoms with Gasteiger partial charge in [0.15, 0.2) is 0 Å². The lowest BCUT2D eigenvalue weighted by Crippen LogP contribution is -2.61. The van der Waals surface area contributed by atoms with Crippen LogP contribution in [-0.4, -0.2) is 37.7 Å². The largest absolute Gasteiger partial charge is 0.497 e. The smallest absolute Gasteiger partial charge is 0.119 e. The molecule has 1 aliphatic heterocycles. The first kappa shape index (κ1) is 20.4. The lowest BCUT2D eigenvalue weighted by molar-refractivity contribution is -0.0270. The molecule has 0 bridgehead atoms. The third-order valence-electron chi connectivity index (χ3n) is 7.67. The third-order valence-corrected chi connectivity index (χ3v) is 7.67. The van der Waals surface area contributed by atoms with Crippen LogP contribution < -0.4 is 10.5 Å². The normalized spacial score (nSPS) is 30.0. The number of methoxy groups -OCH3 is 1. The van der Waals surface area contributed by atoms with Crippen LogP contribution in [0.3, 0.4) is 0 Å². The molecule has 0 aromatic heterocycles. The number of aryl methyl sites for hydroxylation is 1. The molecule has 1 saturated heterocycles. The Morgan fingerprint density at radius 1 is 1.10 bits per heavy atom. The molecule has 0 amide bonds. The summed E-state index contributed by atoms with van der Waals surface area (Å²) in [6.45, 7) is 6.03. The number of fused-ring (bicyclic) bond motifs is 1. The fourth-order valence-corrected chi connectivity index (χ4v) is 5.97. The van der Waals surface area contributed by atoms with Crippen LogP contribution in [0.5, 0.6) is 5.75 Å². The van der Waals surface area contributed by atoms with Crippen LogP contribution in [0.2, 0.25) is 0 Å². The van der Waals surface area contributed by atoms with E-state index < -0.39 is 0 Å². The van der Waals surface area contributed by atoms with E-state index in [9.17, 15) is 0 Å². The molecule has 2 aromatic rings. The molecule has 0 spiro atoms. The summed E-state index contributed by atoms with van der Waals surface area (Å²) in [5, 5.41) is 0. The molecule has 1 aliphatic carbocycles. The van der Waals surface area contributed by atoms with E-state index in [1.807, 2.05) is 0 Å². The second-order valence-corrected chi connectivity index (χ2v) is 9.49. The quantitative estimate of drug-likeness (QED) is 0.768. The van der Waals surface area contributed by atoms with E-state index in [0.29, 0.717) is 6.04 Å². The van der Waals surface area contributed by atoms with E-state index in [2.05, 4.69) is 66.4 Å². The number of piperidine rings is 1. The second-order valence-electron chi connectivity index (χ2n) is 9.49. The number of benzene rings is 2. The highest BCUT2D eigenvalue weighted by atomic mass is 16.5. The van der Waals surface area contributed by atoms with E-state index in [0.717, 1.165) is 25.1 Å². The molecule has 2 aliphatic rings. The van der Waals surface area contributed by atoms with Crippen molar-refractivity contribution < 1.29 is 4.74 Å². The van der Waals surface area contributed by atoms with Crippen molar-refractivity contribution >= 4 is 0 Å². The third kappa shape index (κ3) is 4.08. The summed E-state index contributed by atoms with van der Waals surface area (Å²) in [6, 6.07) is 20.0. The topological polar surface area (TPSA) is 38.5 Å². The maximum Gasteiger partial charge on any atom is 0.119 e. The highest BCUT2D eigenvalue weighted by Gasteiger charge is 2.54. The van der Waals surface area contributed by atoms with Crippen molar-refractivity contribution in [2.24, 2.45) is 11.1 Å². The van der Waals surface area contributed by atoms with Gasteiger partial charge >= 0.3 is 0 Å². The van der Waals surface area contributed by atoms with Crippen LogP contribution in [0.4, 0.5) is 0 Å². The van der Waals surface area contributed by atoms with Gasteiger partial charge in [-0.2, -0.15) is 0 Å². The zero-order chi connectivity index (χ0) is 20.3. The second kappa shape index (κ2) is 8.49. The minimum atomic E-state index is 0.162. The monoisotopic (exact) mass is 392 g/mol. The van der Waals surface area contributed by atoms with Gasteiger partial charge in [0.2, 0.25) is 0 Å². The summed E-state index contributed by atoms with van der Waals surface area (Å²) >= 11 is 0. The van der Waals surface area contributed by atoms with Gasteiger partial charge in [0.05, 0.1) is 7.11 Å². The minimum Gasteiger partial charge on any atom is -0.497 e. The van der Waals surface area contributed by atoms with Crippen LogP contribution in [0.1, 0.15) is 50.2 Å². The van der Waals surface area contributed by atoms with E-state index in [-0.39, 0.29) is 10.8 Å². The summed E-state index contributed by atoms with van der Waals surface area (Å²) in [6.07, 6.45) is 7.02. The fraction of sp³-hybridized carbons (Fsp3) is 0.538. The summed E-state index contributed by atoms with van der Waals surface area (Å²) in [4.78, 5) is 2.71. The molecule has 0 radical (unpaired) electrons. The van der Waals surface area contributed by atoms with Gasteiger partial charge in [-0.15, -0.1) is 0 Å². The number of hydrogen-bond donors (Lipinski definition) is 1. The number of ether oxygens (including phenoxy) is 1. The Kier molecular flexibility index (Phi) is 5.98. The first-order chi connectivity index (χ1) is 14.0. The molecule has 1 heterocycles. The standard InChI is InChI=1S/C26H36N2O/c1-25-14-13-23(27)19-26(25,22-11-6-12-24(18-22)29-2)15-17-28(20-25)16-7-10-21-8-4-3-5-9-21/h3-6,8-9,11-12,18,23H,7,10,13-17,19-20,27H2,1-2H3/t23-,25-,26-/m1/s1. The Balaban J connectivity index is 1.50. The van der Waals surface area contributed by atoms with Gasteiger partial charge in [-0.25, -0.2) is 0 Å². The number of nitrogens with two attached hydrogens (primary N) is 1. The molecule has 2 N–H and O–H groups in total. The van der Waals surface area contributed by atoms with Crippen molar-refractivity contribution in [2.75, 3.05) is 26.7 Å². The average molecular weight is 393 g/mol. The lowest BCUT2D eigenvalue weighted by Gasteiger charge is -2.59. The molecular formula is C26H36N2O. The predicted molar refractivity (Wildman–Crippen MR) is 120 cm³/mol. The summed E-state index contributed by atoms with van der Waals surface area (Å²) in [7, 11) is 1.76. The van der Waals surface area contributed by atoms with Crippen molar-refractivity contribution in [1.29, 1.82) is 0 Å². The molecular weight excluding hydrogens is 356 g/mol. The zero-order valence-electron chi connectivity index (χ0n) is 18.1. The van der Waals surface area contributed by atoms with Crippen molar-refractivity contribution in [3.05, 3.63) is 65.7 Å².